The molecule has 1 amide bonds. The number of methoxy groups -OCH3 is 1. The third kappa shape index (κ3) is 3.91. The van der Waals surface area contributed by atoms with Crippen LogP contribution < -0.4 is 14.8 Å². The summed E-state index contributed by atoms with van der Waals surface area (Å²) in [7, 11) is 1.55. The highest BCUT2D eigenvalue weighted by Crippen LogP contribution is 2.28. The number of carbonyl (C=O) groups is 1. The molecule has 0 saturated heterocycles. The highest BCUT2D eigenvalue weighted by molar-refractivity contribution is 6.04. The van der Waals surface area contributed by atoms with Crippen molar-refractivity contribution in [2.24, 2.45) is 0 Å². The molecule has 0 radical (unpaired) electrons. The average Bonchev–Trinajstić information content (AvgIpc) is 3.19. The predicted molar refractivity (Wildman–Crippen MR) is 114 cm³/mol. The van der Waals surface area contributed by atoms with Crippen LogP contribution in [0.15, 0.2) is 66.7 Å². The highest BCUT2D eigenvalue weighted by atomic mass is 16.5. The molecule has 3 aromatic carbocycles. The number of amides is 1. The summed E-state index contributed by atoms with van der Waals surface area (Å²) < 4.78 is 10.8. The molecule has 0 aliphatic heterocycles. The lowest BCUT2D eigenvalue weighted by molar-refractivity contribution is 0.102. The molecule has 1 heterocycles. The van der Waals surface area contributed by atoms with Crippen molar-refractivity contribution < 1.29 is 14.3 Å². The van der Waals surface area contributed by atoms with Gasteiger partial charge < -0.3 is 19.8 Å². The molecule has 0 spiro atoms. The number of benzene rings is 3. The van der Waals surface area contributed by atoms with Gasteiger partial charge in [0.05, 0.1) is 24.8 Å². The lowest BCUT2D eigenvalue weighted by atomic mass is 10.1. The molecule has 0 bridgehead atoms. The van der Waals surface area contributed by atoms with Gasteiger partial charge in [-0.15, -0.1) is 0 Å². The van der Waals surface area contributed by atoms with Gasteiger partial charge in [0.1, 0.15) is 5.82 Å². The highest BCUT2D eigenvalue weighted by Gasteiger charge is 2.12. The molecule has 1 aromatic heterocycles. The Balaban J connectivity index is 1.50. The molecule has 0 fully saturated rings. The van der Waals surface area contributed by atoms with Crippen LogP contribution in [0.5, 0.6) is 11.5 Å². The first kappa shape index (κ1) is 18.6. The molecule has 4 rings (SSSR count). The standard InChI is InChI=1S/C23H21N3O3/c1-3-29-20-13-10-16(14-21(20)28-2)23(27)24-17-11-8-15(9-12-17)22-25-18-6-4-5-7-19(18)26-22/h4-14H,3H2,1-2H3,(H,24,27)(H,25,26). The molecular formula is C23H21N3O3. The first-order chi connectivity index (χ1) is 14.2. The second-order valence-corrected chi connectivity index (χ2v) is 6.43. The number of ether oxygens (including phenoxy) is 2. The summed E-state index contributed by atoms with van der Waals surface area (Å²) in [5.41, 5.74) is 4.05. The van der Waals surface area contributed by atoms with Crippen molar-refractivity contribution in [3.05, 3.63) is 72.3 Å². The van der Waals surface area contributed by atoms with E-state index >= 15 is 0 Å². The fraction of sp³-hybridized carbons (Fsp3) is 0.130. The Labute approximate surface area is 168 Å². The first-order valence-corrected chi connectivity index (χ1v) is 9.35. The van der Waals surface area contributed by atoms with Gasteiger partial charge in [-0.2, -0.15) is 0 Å². The number of para-hydroxylation sites is 2. The third-order valence-electron chi connectivity index (χ3n) is 4.53. The number of fused-ring (bicyclic) bond motifs is 1. The zero-order chi connectivity index (χ0) is 20.2. The van der Waals surface area contributed by atoms with Gasteiger partial charge in [0.2, 0.25) is 0 Å². The minimum atomic E-state index is -0.220. The zero-order valence-electron chi connectivity index (χ0n) is 16.2. The Morgan fingerprint density at radius 2 is 1.83 bits per heavy atom. The fourth-order valence-corrected chi connectivity index (χ4v) is 3.09. The number of nitrogens with one attached hydrogen (secondary N) is 2. The molecular weight excluding hydrogens is 366 g/mol. The monoisotopic (exact) mass is 387 g/mol. The molecule has 6 nitrogen and oxygen atoms in total. The maximum absolute atomic E-state index is 12.6. The summed E-state index contributed by atoms with van der Waals surface area (Å²) in [4.78, 5) is 20.5. The fourth-order valence-electron chi connectivity index (χ4n) is 3.09. The smallest absolute Gasteiger partial charge is 0.255 e. The number of anilines is 1. The number of hydrogen-bond acceptors (Lipinski definition) is 4. The molecule has 0 saturated carbocycles. The minimum Gasteiger partial charge on any atom is -0.493 e. The Hall–Kier alpha value is -3.80. The first-order valence-electron chi connectivity index (χ1n) is 9.35. The van der Waals surface area contributed by atoms with Crippen LogP contribution in [0.3, 0.4) is 0 Å². The molecule has 0 unspecified atom stereocenters. The SMILES string of the molecule is CCOc1ccc(C(=O)Nc2ccc(-c3nc4ccccc4[nH]3)cc2)cc1OC. The molecule has 2 N–H and O–H groups in total. The Bertz CT molecular complexity index is 1120. The van der Waals surface area contributed by atoms with Crippen molar-refractivity contribution in [3.63, 3.8) is 0 Å². The van der Waals surface area contributed by atoms with E-state index in [2.05, 4.69) is 15.3 Å². The molecule has 29 heavy (non-hydrogen) atoms. The van der Waals surface area contributed by atoms with Gasteiger partial charge in [-0.25, -0.2) is 4.98 Å². The van der Waals surface area contributed by atoms with Crippen molar-refractivity contribution in [2.45, 2.75) is 6.92 Å². The molecule has 146 valence electrons. The van der Waals surface area contributed by atoms with Crippen LogP contribution in [0.4, 0.5) is 5.69 Å². The maximum atomic E-state index is 12.6. The quantitative estimate of drug-likeness (QED) is 0.494. The predicted octanol–water partition coefficient (Wildman–Crippen LogP) is 4.89. The van der Waals surface area contributed by atoms with E-state index in [9.17, 15) is 4.79 Å². The van der Waals surface area contributed by atoms with Crippen molar-refractivity contribution in [1.82, 2.24) is 9.97 Å². The summed E-state index contributed by atoms with van der Waals surface area (Å²) in [6.45, 7) is 2.43. The summed E-state index contributed by atoms with van der Waals surface area (Å²) in [5.74, 6) is 1.71. The van der Waals surface area contributed by atoms with Crippen molar-refractivity contribution >= 4 is 22.6 Å². The topological polar surface area (TPSA) is 76.2 Å². The number of aromatic amines is 1. The number of imidazole rings is 1. The second kappa shape index (κ2) is 8.06. The third-order valence-corrected chi connectivity index (χ3v) is 4.53. The van der Waals surface area contributed by atoms with E-state index in [1.54, 1.807) is 25.3 Å². The van der Waals surface area contributed by atoms with Gasteiger partial charge in [0, 0.05) is 16.8 Å². The average molecular weight is 387 g/mol. The second-order valence-electron chi connectivity index (χ2n) is 6.43. The lowest BCUT2D eigenvalue weighted by Crippen LogP contribution is -2.12. The summed E-state index contributed by atoms with van der Waals surface area (Å²) >= 11 is 0. The van der Waals surface area contributed by atoms with Gasteiger partial charge in [-0.3, -0.25) is 4.79 Å². The molecule has 0 aliphatic carbocycles. The normalized spacial score (nSPS) is 10.7. The summed E-state index contributed by atoms with van der Waals surface area (Å²) in [6.07, 6.45) is 0. The maximum Gasteiger partial charge on any atom is 0.255 e. The van der Waals surface area contributed by atoms with Crippen LogP contribution in [-0.4, -0.2) is 29.6 Å². The van der Waals surface area contributed by atoms with Gasteiger partial charge in [-0.1, -0.05) is 12.1 Å². The van der Waals surface area contributed by atoms with Crippen molar-refractivity contribution in [3.8, 4) is 22.9 Å². The van der Waals surface area contributed by atoms with Crippen LogP contribution in [0.1, 0.15) is 17.3 Å². The van der Waals surface area contributed by atoms with E-state index in [0.29, 0.717) is 29.4 Å². The molecule has 4 aromatic rings. The van der Waals surface area contributed by atoms with Gasteiger partial charge in [-0.05, 0) is 61.5 Å². The van der Waals surface area contributed by atoms with E-state index in [-0.39, 0.29) is 5.91 Å². The van der Waals surface area contributed by atoms with Crippen molar-refractivity contribution in [2.75, 3.05) is 19.0 Å². The number of nitrogens with zero attached hydrogens (tertiary/aromatic N) is 1. The number of H-pyrrole nitrogens is 1. The van der Waals surface area contributed by atoms with Crippen LogP contribution >= 0.6 is 0 Å². The van der Waals surface area contributed by atoms with Crippen LogP contribution in [0.25, 0.3) is 22.4 Å². The molecule has 0 aliphatic rings. The van der Waals surface area contributed by atoms with Crippen LogP contribution in [0.2, 0.25) is 0 Å². The van der Waals surface area contributed by atoms with Crippen molar-refractivity contribution in [1.29, 1.82) is 0 Å². The van der Waals surface area contributed by atoms with E-state index in [1.165, 1.54) is 0 Å². The molecule has 6 heteroatoms. The van der Waals surface area contributed by atoms with E-state index in [0.717, 1.165) is 22.4 Å². The van der Waals surface area contributed by atoms with E-state index in [4.69, 9.17) is 9.47 Å². The number of rotatable bonds is 6. The number of aromatic nitrogens is 2. The Kier molecular flexibility index (Phi) is 5.16. The van der Waals surface area contributed by atoms with Gasteiger partial charge >= 0.3 is 0 Å². The lowest BCUT2D eigenvalue weighted by Gasteiger charge is -2.11. The van der Waals surface area contributed by atoms with E-state index in [1.807, 2.05) is 55.5 Å². The number of hydrogen-bond donors (Lipinski definition) is 2. The van der Waals surface area contributed by atoms with Crippen LogP contribution in [-0.2, 0) is 0 Å². The summed E-state index contributed by atoms with van der Waals surface area (Å²) in [6, 6.07) is 20.6. The van der Waals surface area contributed by atoms with E-state index < -0.39 is 0 Å². The van der Waals surface area contributed by atoms with Gasteiger partial charge in [0.25, 0.3) is 5.91 Å². The summed E-state index contributed by atoms with van der Waals surface area (Å²) in [5, 5.41) is 2.90. The Morgan fingerprint density at radius 3 is 2.55 bits per heavy atom. The molecule has 0 atom stereocenters. The number of carbonyl (C=O) groups excluding carboxylic acids is 1. The Morgan fingerprint density at radius 1 is 1.03 bits per heavy atom. The van der Waals surface area contributed by atoms with Crippen LogP contribution in [0, 0.1) is 0 Å². The minimum absolute atomic E-state index is 0.220. The largest absolute Gasteiger partial charge is 0.493 e. The zero-order valence-corrected chi connectivity index (χ0v) is 16.2. The van der Waals surface area contributed by atoms with Gasteiger partial charge in [0.15, 0.2) is 11.5 Å².